The summed E-state index contributed by atoms with van der Waals surface area (Å²) in [6.07, 6.45) is -3.28. The van der Waals surface area contributed by atoms with Gasteiger partial charge in [0.15, 0.2) is 0 Å². The number of hydrogen-bond acceptors (Lipinski definition) is 5. The van der Waals surface area contributed by atoms with Gasteiger partial charge in [0.05, 0.1) is 21.2 Å². The zero-order valence-electron chi connectivity index (χ0n) is 16.2. The Morgan fingerprint density at radius 3 is 2.21 bits per heavy atom. The van der Waals surface area contributed by atoms with Crippen molar-refractivity contribution in [2.45, 2.75) is 32.5 Å². The Hall–Kier alpha value is -1.71. The van der Waals surface area contributed by atoms with Crippen LogP contribution < -0.4 is 10.2 Å². The molecule has 0 aliphatic carbocycles. The first-order valence-corrected chi connectivity index (χ1v) is 10.2. The number of alkyl halides is 3. The summed E-state index contributed by atoms with van der Waals surface area (Å²) in [4.78, 5) is 27.6. The number of carbonyl (C=O) groups is 2. The Kier molecular flexibility index (Phi) is 5.95. The number of benzene rings is 1. The molecule has 158 valence electrons. The molecular weight excluding hydrogens is 427 g/mol. The lowest BCUT2D eigenvalue weighted by Crippen LogP contribution is -2.53. The molecule has 1 aromatic carbocycles. The zero-order valence-corrected chi connectivity index (χ0v) is 17.8. The summed E-state index contributed by atoms with van der Waals surface area (Å²) in [5, 5.41) is 1.52. The Balaban J connectivity index is 2.01. The van der Waals surface area contributed by atoms with Crippen molar-refractivity contribution in [3.8, 4) is 0 Å². The van der Waals surface area contributed by atoms with E-state index in [0.717, 1.165) is 25.2 Å². The molecule has 0 spiro atoms. The number of halogens is 4. The van der Waals surface area contributed by atoms with Gasteiger partial charge in [-0.1, -0.05) is 11.6 Å². The van der Waals surface area contributed by atoms with E-state index >= 15 is 0 Å². The summed E-state index contributed by atoms with van der Waals surface area (Å²) < 4.78 is 40.0. The van der Waals surface area contributed by atoms with Gasteiger partial charge in [-0.2, -0.15) is 13.2 Å². The smallest absolute Gasteiger partial charge is 0.367 e. The Labute approximate surface area is 176 Å². The highest BCUT2D eigenvalue weighted by Gasteiger charge is 2.34. The van der Waals surface area contributed by atoms with E-state index in [2.05, 4.69) is 31.0 Å². The largest absolute Gasteiger partial charge is 0.416 e. The molecule has 0 aromatic heterocycles. The maximum absolute atomic E-state index is 13.3. The quantitative estimate of drug-likeness (QED) is 0.671. The minimum atomic E-state index is -4.58. The van der Waals surface area contributed by atoms with Crippen molar-refractivity contribution < 1.29 is 22.8 Å². The number of rotatable bonds is 2. The lowest BCUT2D eigenvalue weighted by Gasteiger charge is -2.43. The Morgan fingerprint density at radius 1 is 1.10 bits per heavy atom. The predicted octanol–water partition coefficient (Wildman–Crippen LogP) is 4.60. The van der Waals surface area contributed by atoms with Crippen LogP contribution in [0, 0.1) is 0 Å². The van der Waals surface area contributed by atoms with Gasteiger partial charge in [-0.25, -0.2) is 0 Å². The summed E-state index contributed by atoms with van der Waals surface area (Å²) in [5.41, 5.74) is -0.309. The molecule has 2 heterocycles. The van der Waals surface area contributed by atoms with Crippen LogP contribution in [0.5, 0.6) is 0 Å². The van der Waals surface area contributed by atoms with Gasteiger partial charge < -0.3 is 4.90 Å². The first-order valence-electron chi connectivity index (χ1n) is 9.02. The van der Waals surface area contributed by atoms with Gasteiger partial charge in [0.1, 0.15) is 0 Å². The van der Waals surface area contributed by atoms with Crippen LogP contribution in [0.1, 0.15) is 31.9 Å². The molecule has 0 saturated carbocycles. The average Bonchev–Trinajstić information content (AvgIpc) is 2.90. The fraction of sp³-hybridized carbons (Fsp3) is 0.474. The SMILES string of the molecule is CC(C)(C)N1CCN(c2c(Cl)cc(C(F)(F)F)cc2/C=C2/SC(=O)NC2=O)CC1. The summed E-state index contributed by atoms with van der Waals surface area (Å²) in [6, 6.07) is 1.88. The molecule has 2 aliphatic heterocycles. The van der Waals surface area contributed by atoms with Crippen LogP contribution in [0.15, 0.2) is 17.0 Å². The molecule has 2 fully saturated rings. The summed E-state index contributed by atoms with van der Waals surface area (Å²) in [7, 11) is 0. The highest BCUT2D eigenvalue weighted by Crippen LogP contribution is 2.40. The van der Waals surface area contributed by atoms with Crippen LogP contribution in [0.3, 0.4) is 0 Å². The maximum atomic E-state index is 13.3. The fourth-order valence-electron chi connectivity index (χ4n) is 3.39. The van der Waals surface area contributed by atoms with Gasteiger partial charge in [0.2, 0.25) is 0 Å². The summed E-state index contributed by atoms with van der Waals surface area (Å²) in [5.74, 6) is -0.628. The average molecular weight is 448 g/mol. The lowest BCUT2D eigenvalue weighted by atomic mass is 10.0. The molecule has 1 N–H and O–H groups in total. The predicted molar refractivity (Wildman–Crippen MR) is 109 cm³/mol. The van der Waals surface area contributed by atoms with E-state index < -0.39 is 22.9 Å². The number of hydrogen-bond donors (Lipinski definition) is 1. The molecule has 2 amide bonds. The first-order chi connectivity index (χ1) is 13.4. The van der Waals surface area contributed by atoms with E-state index in [0.29, 0.717) is 30.5 Å². The first kappa shape index (κ1) is 22.0. The molecular formula is C19H21ClF3N3O2S. The van der Waals surface area contributed by atoms with Crippen LogP contribution in [-0.2, 0) is 11.0 Å². The molecule has 3 rings (SSSR count). The van der Waals surface area contributed by atoms with Crippen molar-refractivity contribution in [2.75, 3.05) is 31.1 Å². The van der Waals surface area contributed by atoms with Crippen LogP contribution in [0.2, 0.25) is 5.02 Å². The Bertz CT molecular complexity index is 873. The van der Waals surface area contributed by atoms with Crippen molar-refractivity contribution in [2.24, 2.45) is 0 Å². The zero-order chi connectivity index (χ0) is 21.6. The highest BCUT2D eigenvalue weighted by atomic mass is 35.5. The van der Waals surface area contributed by atoms with Crippen LogP contribution in [-0.4, -0.2) is 47.8 Å². The monoisotopic (exact) mass is 447 g/mol. The highest BCUT2D eigenvalue weighted by molar-refractivity contribution is 8.18. The van der Waals surface area contributed by atoms with Crippen molar-refractivity contribution >= 4 is 46.3 Å². The molecule has 10 heteroatoms. The van der Waals surface area contributed by atoms with Gasteiger partial charge in [-0.3, -0.25) is 19.8 Å². The van der Waals surface area contributed by atoms with Crippen molar-refractivity contribution in [1.82, 2.24) is 10.2 Å². The third-order valence-electron chi connectivity index (χ3n) is 4.89. The van der Waals surface area contributed by atoms with Gasteiger partial charge in [-0.05, 0) is 50.7 Å². The Morgan fingerprint density at radius 2 is 1.72 bits per heavy atom. The van der Waals surface area contributed by atoms with E-state index in [4.69, 9.17) is 11.6 Å². The standard InChI is InChI=1S/C19H21ClF3N3O2S/c1-18(2,3)26-6-4-25(5-7-26)15-11(9-14-16(27)24-17(28)29-14)8-12(10-13(15)20)19(21,22)23/h8-10H,4-7H2,1-3H3,(H,24,27,28)/b14-9+. The topological polar surface area (TPSA) is 52.6 Å². The molecule has 0 atom stereocenters. The molecule has 0 bridgehead atoms. The molecule has 1 aromatic rings. The number of anilines is 1. The van der Waals surface area contributed by atoms with E-state index in [-0.39, 0.29) is 21.0 Å². The second-order valence-electron chi connectivity index (χ2n) is 7.89. The maximum Gasteiger partial charge on any atom is 0.416 e. The van der Waals surface area contributed by atoms with Gasteiger partial charge in [0, 0.05) is 37.3 Å². The van der Waals surface area contributed by atoms with Gasteiger partial charge >= 0.3 is 6.18 Å². The third kappa shape index (κ3) is 4.90. The third-order valence-corrected chi connectivity index (χ3v) is 5.99. The van der Waals surface area contributed by atoms with E-state index in [1.54, 1.807) is 0 Å². The fourth-order valence-corrected chi connectivity index (χ4v) is 4.41. The number of nitrogens with one attached hydrogen (secondary N) is 1. The molecule has 29 heavy (non-hydrogen) atoms. The van der Waals surface area contributed by atoms with E-state index in [1.165, 1.54) is 6.08 Å². The minimum Gasteiger partial charge on any atom is -0.367 e. The van der Waals surface area contributed by atoms with Crippen LogP contribution in [0.25, 0.3) is 6.08 Å². The molecule has 0 unspecified atom stereocenters. The van der Waals surface area contributed by atoms with Crippen LogP contribution >= 0.6 is 23.4 Å². The van der Waals surface area contributed by atoms with E-state index in [9.17, 15) is 22.8 Å². The number of amides is 2. The van der Waals surface area contributed by atoms with E-state index in [1.807, 2.05) is 4.90 Å². The number of imide groups is 1. The summed E-state index contributed by atoms with van der Waals surface area (Å²) >= 11 is 6.95. The lowest BCUT2D eigenvalue weighted by molar-refractivity contribution is -0.137. The molecule has 0 radical (unpaired) electrons. The van der Waals surface area contributed by atoms with Crippen molar-refractivity contribution in [1.29, 1.82) is 0 Å². The van der Waals surface area contributed by atoms with Gasteiger partial charge in [-0.15, -0.1) is 0 Å². The molecule has 2 saturated heterocycles. The van der Waals surface area contributed by atoms with Crippen molar-refractivity contribution in [3.63, 3.8) is 0 Å². The molecule has 5 nitrogen and oxygen atoms in total. The summed E-state index contributed by atoms with van der Waals surface area (Å²) in [6.45, 7) is 8.94. The normalized spacial score (nSPS) is 20.5. The number of piperazine rings is 1. The molecule has 2 aliphatic rings. The number of thioether (sulfide) groups is 1. The minimum absolute atomic E-state index is 0.0141. The number of nitrogens with zero attached hydrogens (tertiary/aromatic N) is 2. The van der Waals surface area contributed by atoms with Crippen molar-refractivity contribution in [3.05, 3.63) is 33.2 Å². The number of carbonyl (C=O) groups excluding carboxylic acids is 2. The van der Waals surface area contributed by atoms with Crippen LogP contribution in [0.4, 0.5) is 23.7 Å². The second kappa shape index (κ2) is 7.85. The van der Waals surface area contributed by atoms with Gasteiger partial charge in [0.25, 0.3) is 11.1 Å². The second-order valence-corrected chi connectivity index (χ2v) is 9.31.